The molecule has 0 aliphatic rings. The van der Waals surface area contributed by atoms with Crippen molar-refractivity contribution in [1.29, 1.82) is 0 Å². The molecule has 0 bridgehead atoms. The van der Waals surface area contributed by atoms with Crippen molar-refractivity contribution in [1.82, 2.24) is 0 Å². The van der Waals surface area contributed by atoms with Crippen LogP contribution in [0.3, 0.4) is 0 Å². The van der Waals surface area contributed by atoms with Gasteiger partial charge in [-0.2, -0.15) is 0 Å². The minimum atomic E-state index is -0.299. The van der Waals surface area contributed by atoms with Crippen LogP contribution in [0.15, 0.2) is 41.0 Å². The molecule has 2 aromatic rings. The summed E-state index contributed by atoms with van der Waals surface area (Å²) in [6, 6.07) is 8.17. The molecular formula is C13H15FN2O. The van der Waals surface area contributed by atoms with Crippen LogP contribution in [0.5, 0.6) is 0 Å². The highest BCUT2D eigenvalue weighted by Crippen LogP contribution is 2.20. The van der Waals surface area contributed by atoms with Crippen LogP contribution in [0.25, 0.3) is 0 Å². The molecule has 0 radical (unpaired) electrons. The maximum Gasteiger partial charge on any atom is 0.125 e. The molecule has 0 aliphatic heterocycles. The Kier molecular flexibility index (Phi) is 3.32. The minimum absolute atomic E-state index is 0.116. The second-order valence-electron chi connectivity index (χ2n) is 4.06. The summed E-state index contributed by atoms with van der Waals surface area (Å²) < 4.78 is 18.3. The first-order chi connectivity index (χ1) is 8.15. The second-order valence-corrected chi connectivity index (χ2v) is 4.06. The fraction of sp³-hybridized carbons (Fsp3) is 0.231. The van der Waals surface area contributed by atoms with Crippen molar-refractivity contribution in [2.45, 2.75) is 19.4 Å². The van der Waals surface area contributed by atoms with Gasteiger partial charge < -0.3 is 15.5 Å². The highest BCUT2D eigenvalue weighted by Gasteiger charge is 2.08. The Balaban J connectivity index is 2.02. The molecule has 17 heavy (non-hydrogen) atoms. The van der Waals surface area contributed by atoms with Crippen LogP contribution in [0.4, 0.5) is 15.8 Å². The molecule has 2 rings (SSSR count). The topological polar surface area (TPSA) is 51.2 Å². The highest BCUT2D eigenvalue weighted by atomic mass is 19.1. The molecule has 0 amide bonds. The van der Waals surface area contributed by atoms with Crippen molar-refractivity contribution in [3.8, 4) is 0 Å². The van der Waals surface area contributed by atoms with Crippen LogP contribution < -0.4 is 11.1 Å². The maximum atomic E-state index is 13.1. The van der Waals surface area contributed by atoms with Crippen molar-refractivity contribution in [3.05, 3.63) is 48.2 Å². The van der Waals surface area contributed by atoms with Crippen LogP contribution in [-0.2, 0) is 6.42 Å². The SMILES string of the molecule is CC(Cc1ccco1)Nc1cc(F)ccc1N. The van der Waals surface area contributed by atoms with E-state index in [2.05, 4.69) is 5.32 Å². The summed E-state index contributed by atoms with van der Waals surface area (Å²) in [5, 5.41) is 3.16. The number of halogens is 1. The quantitative estimate of drug-likeness (QED) is 0.799. The summed E-state index contributed by atoms with van der Waals surface area (Å²) in [6.45, 7) is 1.99. The standard InChI is InChI=1S/C13H15FN2O/c1-9(7-11-3-2-6-17-11)16-13-8-10(14)4-5-12(13)15/h2-6,8-9,16H,7,15H2,1H3. The molecule has 1 heterocycles. The summed E-state index contributed by atoms with van der Waals surface area (Å²) in [4.78, 5) is 0. The lowest BCUT2D eigenvalue weighted by Gasteiger charge is -2.15. The van der Waals surface area contributed by atoms with Crippen molar-refractivity contribution >= 4 is 11.4 Å². The Bertz CT molecular complexity index is 482. The van der Waals surface area contributed by atoms with E-state index in [0.29, 0.717) is 11.4 Å². The summed E-state index contributed by atoms with van der Waals surface area (Å²) in [6.07, 6.45) is 2.36. The Morgan fingerprint density at radius 2 is 2.24 bits per heavy atom. The van der Waals surface area contributed by atoms with Crippen LogP contribution in [0, 0.1) is 5.82 Å². The van der Waals surface area contributed by atoms with Gasteiger partial charge in [-0.1, -0.05) is 0 Å². The Hall–Kier alpha value is -1.97. The number of nitrogens with one attached hydrogen (secondary N) is 1. The van der Waals surface area contributed by atoms with Gasteiger partial charge in [-0.05, 0) is 37.3 Å². The lowest BCUT2D eigenvalue weighted by Crippen LogP contribution is -2.18. The first kappa shape index (κ1) is 11.5. The van der Waals surface area contributed by atoms with Gasteiger partial charge in [0.15, 0.2) is 0 Å². The van der Waals surface area contributed by atoms with Gasteiger partial charge in [0.1, 0.15) is 11.6 Å². The molecule has 0 aliphatic carbocycles. The average Bonchev–Trinajstić information content (AvgIpc) is 2.76. The zero-order chi connectivity index (χ0) is 12.3. The molecular weight excluding hydrogens is 219 g/mol. The lowest BCUT2D eigenvalue weighted by molar-refractivity contribution is 0.498. The predicted molar refractivity (Wildman–Crippen MR) is 66.3 cm³/mol. The van der Waals surface area contributed by atoms with Gasteiger partial charge in [0.2, 0.25) is 0 Å². The Labute approximate surface area is 99.4 Å². The monoisotopic (exact) mass is 234 g/mol. The summed E-state index contributed by atoms with van der Waals surface area (Å²) in [5.74, 6) is 0.590. The van der Waals surface area contributed by atoms with E-state index in [4.69, 9.17) is 10.2 Å². The zero-order valence-corrected chi connectivity index (χ0v) is 9.61. The molecule has 3 N–H and O–H groups in total. The fourth-order valence-corrected chi connectivity index (χ4v) is 1.70. The molecule has 4 heteroatoms. The van der Waals surface area contributed by atoms with E-state index in [-0.39, 0.29) is 11.9 Å². The minimum Gasteiger partial charge on any atom is -0.469 e. The molecule has 0 spiro atoms. The Morgan fingerprint density at radius 3 is 2.94 bits per heavy atom. The van der Waals surface area contributed by atoms with Crippen LogP contribution in [0.1, 0.15) is 12.7 Å². The molecule has 0 saturated heterocycles. The molecule has 1 atom stereocenters. The first-order valence-corrected chi connectivity index (χ1v) is 5.49. The van der Waals surface area contributed by atoms with Gasteiger partial charge in [0.25, 0.3) is 0 Å². The lowest BCUT2D eigenvalue weighted by atomic mass is 10.1. The van der Waals surface area contributed by atoms with Gasteiger partial charge >= 0.3 is 0 Å². The van der Waals surface area contributed by atoms with Crippen molar-refractivity contribution in [2.24, 2.45) is 0 Å². The van der Waals surface area contributed by atoms with E-state index in [1.165, 1.54) is 12.1 Å². The fourth-order valence-electron chi connectivity index (χ4n) is 1.70. The van der Waals surface area contributed by atoms with Gasteiger partial charge in [0, 0.05) is 12.5 Å². The molecule has 0 fully saturated rings. The van der Waals surface area contributed by atoms with Crippen LogP contribution >= 0.6 is 0 Å². The smallest absolute Gasteiger partial charge is 0.125 e. The van der Waals surface area contributed by atoms with Gasteiger partial charge in [0.05, 0.1) is 17.6 Å². The molecule has 90 valence electrons. The maximum absolute atomic E-state index is 13.1. The Morgan fingerprint density at radius 1 is 1.41 bits per heavy atom. The molecule has 1 aromatic carbocycles. The van der Waals surface area contributed by atoms with Gasteiger partial charge in [-0.3, -0.25) is 0 Å². The molecule has 0 saturated carbocycles. The zero-order valence-electron chi connectivity index (χ0n) is 9.61. The highest BCUT2D eigenvalue weighted by molar-refractivity contribution is 5.66. The van der Waals surface area contributed by atoms with Crippen molar-refractivity contribution in [2.75, 3.05) is 11.1 Å². The number of furan rings is 1. The number of rotatable bonds is 4. The second kappa shape index (κ2) is 4.91. The number of benzene rings is 1. The van der Waals surface area contributed by atoms with E-state index in [1.807, 2.05) is 19.1 Å². The number of anilines is 2. The third-order valence-corrected chi connectivity index (χ3v) is 2.50. The summed E-state index contributed by atoms with van der Waals surface area (Å²) >= 11 is 0. The van der Waals surface area contributed by atoms with E-state index < -0.39 is 0 Å². The van der Waals surface area contributed by atoms with E-state index >= 15 is 0 Å². The third kappa shape index (κ3) is 3.00. The largest absolute Gasteiger partial charge is 0.469 e. The van der Waals surface area contributed by atoms with Crippen LogP contribution in [0.2, 0.25) is 0 Å². The van der Waals surface area contributed by atoms with Gasteiger partial charge in [-0.25, -0.2) is 4.39 Å². The average molecular weight is 234 g/mol. The van der Waals surface area contributed by atoms with E-state index in [1.54, 1.807) is 12.3 Å². The number of hydrogen-bond donors (Lipinski definition) is 2. The number of nitrogen functional groups attached to an aromatic ring is 1. The first-order valence-electron chi connectivity index (χ1n) is 5.49. The third-order valence-electron chi connectivity index (χ3n) is 2.50. The van der Waals surface area contributed by atoms with E-state index in [0.717, 1.165) is 12.2 Å². The van der Waals surface area contributed by atoms with E-state index in [9.17, 15) is 4.39 Å². The summed E-state index contributed by atoms with van der Waals surface area (Å²) in [5.41, 5.74) is 6.91. The molecule has 3 nitrogen and oxygen atoms in total. The number of hydrogen-bond acceptors (Lipinski definition) is 3. The molecule has 1 aromatic heterocycles. The van der Waals surface area contributed by atoms with Crippen molar-refractivity contribution < 1.29 is 8.81 Å². The molecule has 1 unspecified atom stereocenters. The normalized spacial score (nSPS) is 12.4. The number of nitrogens with two attached hydrogens (primary N) is 1. The summed E-state index contributed by atoms with van der Waals surface area (Å²) in [7, 11) is 0. The van der Waals surface area contributed by atoms with Crippen LogP contribution in [-0.4, -0.2) is 6.04 Å². The predicted octanol–water partition coefficient (Wildman–Crippen LogP) is 3.04. The van der Waals surface area contributed by atoms with Crippen molar-refractivity contribution in [3.63, 3.8) is 0 Å². The van der Waals surface area contributed by atoms with Gasteiger partial charge in [-0.15, -0.1) is 0 Å².